The monoisotopic (exact) mass is 479 g/mol. The van der Waals surface area contributed by atoms with Gasteiger partial charge >= 0.3 is 5.97 Å². The Morgan fingerprint density at radius 2 is 1.55 bits per heavy atom. The minimum Gasteiger partial charge on any atom is -0.480 e. The molecule has 0 saturated heterocycles. The minimum atomic E-state index is -1.34. The summed E-state index contributed by atoms with van der Waals surface area (Å²) in [4.78, 5) is 59.7. The fourth-order valence-corrected chi connectivity index (χ4v) is 3.19. The van der Waals surface area contributed by atoms with Gasteiger partial charge in [-0.05, 0) is 30.8 Å². The van der Waals surface area contributed by atoms with Crippen LogP contribution in [-0.4, -0.2) is 76.6 Å². The van der Waals surface area contributed by atoms with Crippen molar-refractivity contribution in [3.05, 3.63) is 0 Å². The first-order valence-corrected chi connectivity index (χ1v) is 11.7. The molecule has 0 aromatic rings. The van der Waals surface area contributed by atoms with Crippen LogP contribution < -0.4 is 27.4 Å². The van der Waals surface area contributed by atoms with Gasteiger partial charge < -0.3 is 32.5 Å². The lowest BCUT2D eigenvalue weighted by Crippen LogP contribution is -2.59. The maximum atomic E-state index is 12.6. The summed E-state index contributed by atoms with van der Waals surface area (Å²) in [6.07, 6.45) is 1.92. The summed E-state index contributed by atoms with van der Waals surface area (Å²) in [5.41, 5.74) is 10.8. The second-order valence-corrected chi connectivity index (χ2v) is 8.62. The maximum absolute atomic E-state index is 12.6. The van der Waals surface area contributed by atoms with Crippen LogP contribution in [0.15, 0.2) is 0 Å². The van der Waals surface area contributed by atoms with Crippen LogP contribution in [-0.2, 0) is 24.0 Å². The summed E-state index contributed by atoms with van der Waals surface area (Å²) < 4.78 is 0. The molecule has 0 fully saturated rings. The Balaban J connectivity index is 5.13. The highest BCUT2D eigenvalue weighted by atomic mass is 32.2. The third-order valence-corrected chi connectivity index (χ3v) is 5.34. The maximum Gasteiger partial charge on any atom is 0.326 e. The molecular formula is C18H33N5O6S2. The van der Waals surface area contributed by atoms with E-state index in [0.717, 1.165) is 0 Å². The van der Waals surface area contributed by atoms with Gasteiger partial charge in [-0.2, -0.15) is 24.4 Å². The lowest BCUT2D eigenvalue weighted by molar-refractivity contribution is -0.143. The fraction of sp³-hybridized carbons (Fsp3) is 0.722. The summed E-state index contributed by atoms with van der Waals surface area (Å²) in [5, 5.41) is 16.6. The van der Waals surface area contributed by atoms with Crippen LogP contribution in [0.5, 0.6) is 0 Å². The van der Waals surface area contributed by atoms with Crippen LogP contribution >= 0.6 is 24.4 Å². The quantitative estimate of drug-likeness (QED) is 0.137. The van der Waals surface area contributed by atoms with Crippen LogP contribution in [0.25, 0.3) is 0 Å². The van der Waals surface area contributed by atoms with E-state index >= 15 is 0 Å². The number of nitrogens with one attached hydrogen (secondary N) is 3. The summed E-state index contributed by atoms with van der Waals surface area (Å²) >= 11 is 5.62. The van der Waals surface area contributed by atoms with Gasteiger partial charge in [0.05, 0.1) is 6.04 Å². The zero-order valence-electron chi connectivity index (χ0n) is 17.9. The van der Waals surface area contributed by atoms with Gasteiger partial charge in [-0.3, -0.25) is 19.2 Å². The normalized spacial score (nSPS) is 14.8. The largest absolute Gasteiger partial charge is 0.480 e. The van der Waals surface area contributed by atoms with Crippen LogP contribution in [0.2, 0.25) is 0 Å². The van der Waals surface area contributed by atoms with E-state index in [1.54, 1.807) is 13.8 Å². The van der Waals surface area contributed by atoms with Crippen molar-refractivity contribution in [2.75, 3.05) is 17.8 Å². The number of carboxylic acid groups (broad SMARTS) is 1. The van der Waals surface area contributed by atoms with Gasteiger partial charge in [0, 0.05) is 12.2 Å². The Morgan fingerprint density at radius 1 is 0.968 bits per heavy atom. The van der Waals surface area contributed by atoms with Gasteiger partial charge in [0.15, 0.2) is 0 Å². The molecule has 8 N–H and O–H groups in total. The third kappa shape index (κ3) is 11.3. The van der Waals surface area contributed by atoms with Crippen molar-refractivity contribution < 1.29 is 29.1 Å². The Morgan fingerprint density at radius 3 is 2.00 bits per heavy atom. The first-order valence-electron chi connectivity index (χ1n) is 9.72. The Labute approximate surface area is 191 Å². The van der Waals surface area contributed by atoms with E-state index in [0.29, 0.717) is 12.2 Å². The van der Waals surface area contributed by atoms with Crippen molar-refractivity contribution in [1.82, 2.24) is 16.0 Å². The van der Waals surface area contributed by atoms with Gasteiger partial charge in [0.25, 0.3) is 0 Å². The molecule has 0 rings (SSSR count). The molecule has 0 radical (unpaired) electrons. The number of hydrogen-bond acceptors (Lipinski definition) is 8. The van der Waals surface area contributed by atoms with Gasteiger partial charge in [-0.25, -0.2) is 4.79 Å². The number of amides is 4. The van der Waals surface area contributed by atoms with Crippen LogP contribution in [0, 0.1) is 5.92 Å². The predicted octanol–water partition coefficient (Wildman–Crippen LogP) is -1.54. The van der Waals surface area contributed by atoms with Gasteiger partial charge in [0.2, 0.25) is 23.6 Å². The SMILES string of the molecule is CSCCC(N)C(=O)NC(CS)C(=O)NC(C(=O)NC(CCC(N)=O)C(=O)O)C(C)C. The summed E-state index contributed by atoms with van der Waals surface area (Å²) in [6.45, 7) is 3.33. The number of carboxylic acids is 1. The molecule has 0 bridgehead atoms. The molecule has 0 aromatic carbocycles. The Kier molecular flexibility index (Phi) is 14.0. The number of primary amides is 1. The molecule has 4 unspecified atom stereocenters. The van der Waals surface area contributed by atoms with Crippen molar-refractivity contribution in [3.8, 4) is 0 Å². The highest BCUT2D eigenvalue weighted by molar-refractivity contribution is 7.98. The zero-order valence-corrected chi connectivity index (χ0v) is 19.6. The van der Waals surface area contributed by atoms with E-state index < -0.39 is 59.7 Å². The molecule has 31 heavy (non-hydrogen) atoms. The van der Waals surface area contributed by atoms with Crippen molar-refractivity contribution in [1.29, 1.82) is 0 Å². The third-order valence-electron chi connectivity index (χ3n) is 4.33. The van der Waals surface area contributed by atoms with Crippen LogP contribution in [0.1, 0.15) is 33.1 Å². The molecule has 0 aliphatic carbocycles. The first-order chi connectivity index (χ1) is 14.4. The second-order valence-electron chi connectivity index (χ2n) is 7.27. The van der Waals surface area contributed by atoms with E-state index in [-0.39, 0.29) is 18.6 Å². The lowest BCUT2D eigenvalue weighted by Gasteiger charge is -2.26. The highest BCUT2D eigenvalue weighted by Crippen LogP contribution is 2.06. The fourth-order valence-electron chi connectivity index (χ4n) is 2.44. The zero-order chi connectivity index (χ0) is 24.1. The summed E-state index contributed by atoms with van der Waals surface area (Å²) in [7, 11) is 0. The van der Waals surface area contributed by atoms with Crippen molar-refractivity contribution in [2.45, 2.75) is 57.3 Å². The van der Waals surface area contributed by atoms with E-state index in [9.17, 15) is 29.1 Å². The second kappa shape index (κ2) is 14.9. The van der Waals surface area contributed by atoms with Crippen molar-refractivity contribution in [2.24, 2.45) is 17.4 Å². The number of thiol groups is 1. The van der Waals surface area contributed by atoms with Crippen LogP contribution in [0.4, 0.5) is 0 Å². The molecule has 13 heteroatoms. The van der Waals surface area contributed by atoms with Crippen molar-refractivity contribution >= 4 is 54.0 Å². The molecular weight excluding hydrogens is 446 g/mol. The number of thioether (sulfide) groups is 1. The smallest absolute Gasteiger partial charge is 0.326 e. The Bertz CT molecular complexity index is 649. The van der Waals surface area contributed by atoms with E-state index in [1.807, 2.05) is 6.26 Å². The topological polar surface area (TPSA) is 194 Å². The molecule has 4 atom stereocenters. The molecule has 0 spiro atoms. The molecule has 0 aliphatic heterocycles. The van der Waals surface area contributed by atoms with Crippen LogP contribution in [0.3, 0.4) is 0 Å². The number of carbonyl (C=O) groups excluding carboxylic acids is 4. The highest BCUT2D eigenvalue weighted by Gasteiger charge is 2.31. The number of carbonyl (C=O) groups is 5. The lowest BCUT2D eigenvalue weighted by atomic mass is 10.0. The number of hydrogen-bond donors (Lipinski definition) is 7. The number of rotatable bonds is 15. The molecule has 11 nitrogen and oxygen atoms in total. The summed E-state index contributed by atoms with van der Waals surface area (Å²) in [5.74, 6) is -3.67. The summed E-state index contributed by atoms with van der Waals surface area (Å²) in [6, 6.07) is -4.23. The molecule has 0 aromatic heterocycles. The van der Waals surface area contributed by atoms with E-state index in [2.05, 4.69) is 28.6 Å². The van der Waals surface area contributed by atoms with E-state index in [4.69, 9.17) is 11.5 Å². The average Bonchev–Trinajstić information content (AvgIpc) is 2.69. The van der Waals surface area contributed by atoms with Crippen molar-refractivity contribution in [3.63, 3.8) is 0 Å². The molecule has 0 aliphatic rings. The molecule has 4 amide bonds. The minimum absolute atomic E-state index is 0.0321. The average molecular weight is 480 g/mol. The van der Waals surface area contributed by atoms with Gasteiger partial charge in [-0.1, -0.05) is 13.8 Å². The Hall–Kier alpha value is -1.99. The molecule has 0 heterocycles. The molecule has 178 valence electrons. The first kappa shape index (κ1) is 29.0. The van der Waals surface area contributed by atoms with Gasteiger partial charge in [0.1, 0.15) is 18.1 Å². The van der Waals surface area contributed by atoms with E-state index in [1.165, 1.54) is 11.8 Å². The predicted molar refractivity (Wildman–Crippen MR) is 122 cm³/mol. The number of aliphatic carboxylic acids is 1. The molecule has 0 saturated carbocycles. The standard InChI is InChI=1S/C18H33N5O6S2/c1-9(2)14(17(27)21-11(18(28)29)4-5-13(20)24)23-16(26)12(8-30)22-15(25)10(19)6-7-31-3/h9-12,14,30H,4-8,19H2,1-3H3,(H2,20,24)(H,21,27)(H,22,25)(H,23,26)(H,28,29). The van der Waals surface area contributed by atoms with Gasteiger partial charge in [-0.15, -0.1) is 0 Å². The number of nitrogens with two attached hydrogens (primary N) is 2.